The van der Waals surface area contributed by atoms with Gasteiger partial charge in [0.15, 0.2) is 5.11 Å². The van der Waals surface area contributed by atoms with Crippen LogP contribution in [0.1, 0.15) is 33.1 Å². The van der Waals surface area contributed by atoms with Crippen molar-refractivity contribution in [2.24, 2.45) is 10.9 Å². The van der Waals surface area contributed by atoms with Crippen LogP contribution in [0.2, 0.25) is 12.6 Å². The first kappa shape index (κ1) is 25.8. The minimum atomic E-state index is -3.76. The number of nitrogens with two attached hydrogens (primary N) is 2. The number of carbonyl (C=O) groups excluding carboxylic acids is 1. The van der Waals surface area contributed by atoms with Crippen molar-refractivity contribution in [1.29, 1.82) is 0 Å². The monoisotopic (exact) mass is 506 g/mol. The van der Waals surface area contributed by atoms with Crippen LogP contribution in [0.15, 0.2) is 27.6 Å². The van der Waals surface area contributed by atoms with Gasteiger partial charge in [0.05, 0.1) is 10.6 Å². The molecule has 1 aromatic rings. The molecular weight excluding hydrogens is 479 g/mol. The Balaban J connectivity index is 2.33. The fourth-order valence-electron chi connectivity index (χ4n) is 2.46. The smallest absolute Gasteiger partial charge is 0.361 e. The van der Waals surface area contributed by atoms with Crippen LogP contribution in [0.4, 0.5) is 5.69 Å². The SMILES string of the molecule is CCB(CC)OC(=O)[C@@H](N)CCCCNC(=S)Nc1ccc(S(N)(=O)=O)cc1Br. The van der Waals surface area contributed by atoms with E-state index >= 15 is 0 Å². The zero-order valence-corrected chi connectivity index (χ0v) is 19.8. The first-order chi connectivity index (χ1) is 13.6. The second-order valence-corrected chi connectivity index (χ2v) is 9.37. The molecule has 0 saturated heterocycles. The van der Waals surface area contributed by atoms with Crippen molar-refractivity contribution < 1.29 is 17.9 Å². The molecule has 8 nitrogen and oxygen atoms in total. The lowest BCUT2D eigenvalue weighted by atomic mass is 9.62. The van der Waals surface area contributed by atoms with Gasteiger partial charge in [-0.05, 0) is 78.2 Å². The van der Waals surface area contributed by atoms with Gasteiger partial charge in [-0.2, -0.15) is 0 Å². The fraction of sp³-hybridized carbons (Fsp3) is 0.529. The second-order valence-electron chi connectivity index (χ2n) is 6.55. The highest BCUT2D eigenvalue weighted by atomic mass is 79.9. The van der Waals surface area contributed by atoms with Gasteiger partial charge in [-0.3, -0.25) is 4.79 Å². The van der Waals surface area contributed by atoms with Crippen LogP contribution >= 0.6 is 28.1 Å². The van der Waals surface area contributed by atoms with Gasteiger partial charge in [0.1, 0.15) is 6.04 Å². The number of benzene rings is 1. The molecule has 0 fully saturated rings. The number of hydrogen-bond acceptors (Lipinski definition) is 6. The third-order valence-corrected chi connectivity index (χ3v) is 6.05. The van der Waals surface area contributed by atoms with E-state index < -0.39 is 16.1 Å². The van der Waals surface area contributed by atoms with Gasteiger partial charge in [-0.25, -0.2) is 13.6 Å². The van der Waals surface area contributed by atoms with Gasteiger partial charge < -0.3 is 21.0 Å². The highest BCUT2D eigenvalue weighted by Crippen LogP contribution is 2.25. The molecule has 0 amide bonds. The lowest BCUT2D eigenvalue weighted by Gasteiger charge is -2.16. The van der Waals surface area contributed by atoms with Gasteiger partial charge in [0.2, 0.25) is 10.0 Å². The van der Waals surface area contributed by atoms with Crippen molar-refractivity contribution in [3.8, 4) is 0 Å². The predicted molar refractivity (Wildman–Crippen MR) is 124 cm³/mol. The summed E-state index contributed by atoms with van der Waals surface area (Å²) in [6.07, 6.45) is 3.64. The van der Waals surface area contributed by atoms with Crippen LogP contribution in [-0.2, 0) is 19.5 Å². The minimum Gasteiger partial charge on any atom is -0.535 e. The number of carbonyl (C=O) groups is 1. The summed E-state index contributed by atoms with van der Waals surface area (Å²) in [5.74, 6) is -0.350. The normalized spacial score (nSPS) is 12.2. The molecule has 0 spiro atoms. The molecule has 0 aliphatic rings. The van der Waals surface area contributed by atoms with Crippen LogP contribution in [0.5, 0.6) is 0 Å². The molecule has 0 unspecified atom stereocenters. The topological polar surface area (TPSA) is 137 Å². The number of thiocarbonyl (C=S) groups is 1. The molecule has 1 rings (SSSR count). The van der Waals surface area contributed by atoms with Gasteiger partial charge >= 0.3 is 12.9 Å². The van der Waals surface area contributed by atoms with Crippen LogP contribution in [0.3, 0.4) is 0 Å². The third kappa shape index (κ3) is 9.43. The van der Waals surface area contributed by atoms with Crippen molar-refractivity contribution in [3.63, 3.8) is 0 Å². The molecule has 29 heavy (non-hydrogen) atoms. The van der Waals surface area contributed by atoms with E-state index in [1.54, 1.807) is 6.07 Å². The van der Waals surface area contributed by atoms with E-state index in [9.17, 15) is 13.2 Å². The average molecular weight is 507 g/mol. The Morgan fingerprint density at radius 1 is 1.31 bits per heavy atom. The van der Waals surface area contributed by atoms with Crippen LogP contribution in [0.25, 0.3) is 0 Å². The van der Waals surface area contributed by atoms with E-state index in [2.05, 4.69) is 26.6 Å². The molecule has 6 N–H and O–H groups in total. The molecule has 0 heterocycles. The number of halogens is 1. The number of anilines is 1. The van der Waals surface area contributed by atoms with Crippen molar-refractivity contribution in [2.75, 3.05) is 11.9 Å². The second kappa shape index (κ2) is 12.5. The summed E-state index contributed by atoms with van der Waals surface area (Å²) in [6, 6.07) is 3.76. The molecule has 1 atom stereocenters. The predicted octanol–water partition coefficient (Wildman–Crippen LogP) is 2.46. The summed E-state index contributed by atoms with van der Waals surface area (Å²) in [4.78, 5) is 11.9. The number of unbranched alkanes of at least 4 members (excludes halogenated alkanes) is 1. The maximum Gasteiger partial charge on any atom is 0.361 e. The molecule has 0 saturated carbocycles. The first-order valence-corrected chi connectivity index (χ1v) is 12.2. The maximum absolute atomic E-state index is 11.9. The molecule has 0 aromatic heterocycles. The lowest BCUT2D eigenvalue weighted by molar-refractivity contribution is -0.136. The highest BCUT2D eigenvalue weighted by molar-refractivity contribution is 9.10. The molecule has 162 valence electrons. The molecule has 0 bridgehead atoms. The first-order valence-electron chi connectivity index (χ1n) is 9.41. The van der Waals surface area contributed by atoms with Crippen LogP contribution in [-0.4, -0.2) is 39.0 Å². The summed E-state index contributed by atoms with van der Waals surface area (Å²) in [6.45, 7) is 4.48. The van der Waals surface area contributed by atoms with E-state index in [0.717, 1.165) is 25.5 Å². The van der Waals surface area contributed by atoms with Crippen LogP contribution in [0, 0.1) is 0 Å². The van der Waals surface area contributed by atoms with Crippen LogP contribution < -0.4 is 21.5 Å². The van der Waals surface area contributed by atoms with E-state index in [-0.39, 0.29) is 17.8 Å². The van der Waals surface area contributed by atoms with E-state index in [4.69, 9.17) is 27.7 Å². The zero-order chi connectivity index (χ0) is 22.0. The Bertz CT molecular complexity index is 807. The molecule has 0 aliphatic carbocycles. The lowest BCUT2D eigenvalue weighted by Crippen LogP contribution is -2.36. The van der Waals surface area contributed by atoms with Gasteiger partial charge in [0.25, 0.3) is 0 Å². The van der Waals surface area contributed by atoms with Crippen molar-refractivity contribution in [1.82, 2.24) is 5.32 Å². The standard InChI is InChI=1S/C17H28BBrN4O4S2/c1-3-18(4-2)27-16(24)14(20)7-5-6-10-22-17(28)23-15-9-8-12(11-13(15)19)29(21,25)26/h8-9,11,14H,3-7,10,20H2,1-2H3,(H2,21,25,26)(H2,22,23,28)/t14-/m0/s1. The number of hydrogen-bond donors (Lipinski definition) is 4. The van der Waals surface area contributed by atoms with E-state index in [1.165, 1.54) is 12.1 Å². The van der Waals surface area contributed by atoms with Crippen molar-refractivity contribution in [3.05, 3.63) is 22.7 Å². The molecule has 0 aliphatic heterocycles. The summed E-state index contributed by atoms with van der Waals surface area (Å²) < 4.78 is 28.6. The summed E-state index contributed by atoms with van der Waals surface area (Å²) in [5.41, 5.74) is 6.50. The maximum atomic E-state index is 11.9. The Morgan fingerprint density at radius 2 is 1.97 bits per heavy atom. The molecule has 0 radical (unpaired) electrons. The van der Waals surface area contributed by atoms with Gasteiger partial charge in [0, 0.05) is 11.0 Å². The molecular formula is C17H28BBrN4O4S2. The van der Waals surface area contributed by atoms with Gasteiger partial charge in [-0.1, -0.05) is 13.8 Å². The largest absolute Gasteiger partial charge is 0.535 e. The van der Waals surface area contributed by atoms with Gasteiger partial charge in [-0.15, -0.1) is 0 Å². The third-order valence-electron chi connectivity index (χ3n) is 4.24. The highest BCUT2D eigenvalue weighted by Gasteiger charge is 2.20. The molecule has 12 heteroatoms. The summed E-state index contributed by atoms with van der Waals surface area (Å²) in [5, 5.41) is 11.5. The number of nitrogens with one attached hydrogen (secondary N) is 2. The van der Waals surface area contributed by atoms with E-state index in [1.807, 2.05) is 13.8 Å². The summed E-state index contributed by atoms with van der Waals surface area (Å²) >= 11 is 8.52. The fourth-order valence-corrected chi connectivity index (χ4v) is 3.84. The van der Waals surface area contributed by atoms with Crippen molar-refractivity contribution >= 4 is 61.9 Å². The Morgan fingerprint density at radius 3 is 2.52 bits per heavy atom. The molecule has 1 aromatic carbocycles. The van der Waals surface area contributed by atoms with Crippen molar-refractivity contribution in [2.45, 2.75) is 56.7 Å². The quantitative estimate of drug-likeness (QED) is 0.204. The number of primary sulfonamides is 1. The number of sulfonamides is 1. The summed E-state index contributed by atoms with van der Waals surface area (Å²) in [7, 11) is -3.76. The number of rotatable bonds is 11. The average Bonchev–Trinajstić information content (AvgIpc) is 2.66. The Labute approximate surface area is 186 Å². The Hall–Kier alpha value is -1.21. The minimum absolute atomic E-state index is 0.00728. The van der Waals surface area contributed by atoms with E-state index in [0.29, 0.717) is 28.2 Å². The Kier molecular flexibility index (Phi) is 11.1. The zero-order valence-electron chi connectivity index (χ0n) is 16.6.